The van der Waals surface area contributed by atoms with Gasteiger partial charge in [-0.3, -0.25) is 4.79 Å². The lowest BCUT2D eigenvalue weighted by Crippen LogP contribution is -2.30. The first-order valence-electron chi connectivity index (χ1n) is 7.30. The Balaban J connectivity index is 1.74. The van der Waals surface area contributed by atoms with Crippen molar-refractivity contribution in [2.75, 3.05) is 6.54 Å². The molecule has 3 rings (SSSR count). The molecular formula is C17H17N3OS2. The van der Waals surface area contributed by atoms with Gasteiger partial charge in [0, 0.05) is 24.4 Å². The standard InChI is InChI=1S/C17H17N3OS2/c1-3-17(21)20(7-6-15-12(2)18-10-22-15)9-13-4-5-16-14(8-13)19-11-23-16/h3-5,8,10-11H,1,6-7,9H2,2H3. The molecule has 0 aliphatic heterocycles. The van der Waals surface area contributed by atoms with E-state index in [1.807, 2.05) is 28.9 Å². The minimum atomic E-state index is -0.0504. The van der Waals surface area contributed by atoms with Gasteiger partial charge in [0.05, 0.1) is 26.9 Å². The average molecular weight is 343 g/mol. The molecule has 0 N–H and O–H groups in total. The molecule has 118 valence electrons. The monoisotopic (exact) mass is 343 g/mol. The molecule has 2 heterocycles. The molecule has 0 aliphatic rings. The maximum Gasteiger partial charge on any atom is 0.246 e. The molecule has 6 heteroatoms. The van der Waals surface area contributed by atoms with E-state index >= 15 is 0 Å². The van der Waals surface area contributed by atoms with Crippen LogP contribution in [-0.4, -0.2) is 27.3 Å². The summed E-state index contributed by atoms with van der Waals surface area (Å²) >= 11 is 3.26. The quantitative estimate of drug-likeness (QED) is 0.639. The van der Waals surface area contributed by atoms with Crippen LogP contribution in [0.2, 0.25) is 0 Å². The number of carbonyl (C=O) groups excluding carboxylic acids is 1. The minimum absolute atomic E-state index is 0.0504. The number of hydrogen-bond acceptors (Lipinski definition) is 5. The summed E-state index contributed by atoms with van der Waals surface area (Å²) in [5.41, 5.74) is 6.80. The summed E-state index contributed by atoms with van der Waals surface area (Å²) in [6, 6.07) is 6.17. The van der Waals surface area contributed by atoms with Crippen LogP contribution in [0.3, 0.4) is 0 Å². The van der Waals surface area contributed by atoms with Gasteiger partial charge < -0.3 is 4.90 Å². The van der Waals surface area contributed by atoms with Gasteiger partial charge in [-0.05, 0) is 30.7 Å². The highest BCUT2D eigenvalue weighted by molar-refractivity contribution is 7.16. The summed E-state index contributed by atoms with van der Waals surface area (Å²) in [6.45, 7) is 6.84. The summed E-state index contributed by atoms with van der Waals surface area (Å²) in [5, 5.41) is 0. The highest BCUT2D eigenvalue weighted by Crippen LogP contribution is 2.20. The molecule has 0 atom stereocenters. The van der Waals surface area contributed by atoms with E-state index in [9.17, 15) is 4.79 Å². The lowest BCUT2D eigenvalue weighted by Gasteiger charge is -2.21. The zero-order chi connectivity index (χ0) is 16.2. The molecule has 1 aromatic carbocycles. The molecule has 0 spiro atoms. The van der Waals surface area contributed by atoms with Gasteiger partial charge in [0.15, 0.2) is 0 Å². The Morgan fingerprint density at radius 1 is 1.30 bits per heavy atom. The summed E-state index contributed by atoms with van der Waals surface area (Å²) in [5.74, 6) is -0.0504. The van der Waals surface area contributed by atoms with Crippen molar-refractivity contribution >= 4 is 38.8 Å². The van der Waals surface area contributed by atoms with Crippen LogP contribution < -0.4 is 0 Å². The Morgan fingerprint density at radius 3 is 2.87 bits per heavy atom. The van der Waals surface area contributed by atoms with Gasteiger partial charge in [0.25, 0.3) is 0 Å². The summed E-state index contributed by atoms with van der Waals surface area (Å²) in [7, 11) is 0. The van der Waals surface area contributed by atoms with E-state index in [1.165, 1.54) is 11.0 Å². The maximum atomic E-state index is 12.2. The SMILES string of the molecule is C=CC(=O)N(CCc1scnc1C)Cc1ccc2scnc2c1. The zero-order valence-corrected chi connectivity index (χ0v) is 14.5. The van der Waals surface area contributed by atoms with Crippen LogP contribution in [0.5, 0.6) is 0 Å². The molecular weight excluding hydrogens is 326 g/mol. The predicted molar refractivity (Wildman–Crippen MR) is 95.8 cm³/mol. The minimum Gasteiger partial charge on any atom is -0.334 e. The highest BCUT2D eigenvalue weighted by Gasteiger charge is 2.13. The van der Waals surface area contributed by atoms with Gasteiger partial charge in [0.2, 0.25) is 5.91 Å². The lowest BCUT2D eigenvalue weighted by molar-refractivity contribution is -0.126. The van der Waals surface area contributed by atoms with E-state index in [-0.39, 0.29) is 5.91 Å². The lowest BCUT2D eigenvalue weighted by atomic mass is 10.2. The second-order valence-electron chi connectivity index (χ2n) is 5.23. The van der Waals surface area contributed by atoms with Crippen molar-refractivity contribution in [3.63, 3.8) is 0 Å². The van der Waals surface area contributed by atoms with Crippen LogP contribution in [0, 0.1) is 6.92 Å². The molecule has 2 aromatic heterocycles. The van der Waals surface area contributed by atoms with Gasteiger partial charge in [0.1, 0.15) is 0 Å². The van der Waals surface area contributed by atoms with E-state index in [0.29, 0.717) is 13.1 Å². The molecule has 1 amide bonds. The summed E-state index contributed by atoms with van der Waals surface area (Å²) in [4.78, 5) is 23.8. The van der Waals surface area contributed by atoms with Crippen molar-refractivity contribution in [2.45, 2.75) is 19.9 Å². The van der Waals surface area contributed by atoms with E-state index < -0.39 is 0 Å². The number of amides is 1. The van der Waals surface area contributed by atoms with E-state index in [2.05, 4.69) is 28.7 Å². The number of hydrogen-bond donors (Lipinski definition) is 0. The molecule has 4 nitrogen and oxygen atoms in total. The van der Waals surface area contributed by atoms with Gasteiger partial charge in [-0.2, -0.15) is 0 Å². The van der Waals surface area contributed by atoms with Crippen molar-refractivity contribution < 1.29 is 4.79 Å². The molecule has 3 aromatic rings. The summed E-state index contributed by atoms with van der Waals surface area (Å²) in [6.07, 6.45) is 2.19. The Bertz CT molecular complexity index is 837. The van der Waals surface area contributed by atoms with E-state index in [0.717, 1.165) is 27.9 Å². The third-order valence-electron chi connectivity index (χ3n) is 3.71. The molecule has 0 saturated carbocycles. The molecule has 0 fully saturated rings. The topological polar surface area (TPSA) is 46.1 Å². The smallest absolute Gasteiger partial charge is 0.246 e. The van der Waals surface area contributed by atoms with Gasteiger partial charge in [-0.25, -0.2) is 9.97 Å². The first-order chi connectivity index (χ1) is 11.2. The molecule has 0 radical (unpaired) electrons. The second-order valence-corrected chi connectivity index (χ2v) is 7.05. The number of thiazole rings is 2. The van der Waals surface area contributed by atoms with E-state index in [1.54, 1.807) is 22.7 Å². The molecule has 0 bridgehead atoms. The van der Waals surface area contributed by atoms with Crippen molar-refractivity contribution in [1.29, 1.82) is 0 Å². The van der Waals surface area contributed by atoms with Crippen LogP contribution in [-0.2, 0) is 17.8 Å². The van der Waals surface area contributed by atoms with Gasteiger partial charge >= 0.3 is 0 Å². The van der Waals surface area contributed by atoms with Crippen LogP contribution in [0.1, 0.15) is 16.1 Å². The number of benzene rings is 1. The normalized spacial score (nSPS) is 10.8. The van der Waals surface area contributed by atoms with Crippen LogP contribution in [0.25, 0.3) is 10.2 Å². The second kappa shape index (κ2) is 7.02. The molecule has 0 saturated heterocycles. The first-order valence-corrected chi connectivity index (χ1v) is 9.05. The first kappa shape index (κ1) is 15.8. The fourth-order valence-electron chi connectivity index (χ4n) is 2.42. The van der Waals surface area contributed by atoms with Crippen molar-refractivity contribution in [3.8, 4) is 0 Å². The van der Waals surface area contributed by atoms with Crippen molar-refractivity contribution in [3.05, 3.63) is 58.0 Å². The maximum absolute atomic E-state index is 12.2. The van der Waals surface area contributed by atoms with Crippen LogP contribution in [0.4, 0.5) is 0 Å². The number of carbonyl (C=O) groups is 1. The average Bonchev–Trinajstić information content (AvgIpc) is 3.18. The van der Waals surface area contributed by atoms with Crippen molar-refractivity contribution in [2.24, 2.45) is 0 Å². The molecule has 0 aliphatic carbocycles. The number of aromatic nitrogens is 2. The van der Waals surface area contributed by atoms with Crippen molar-refractivity contribution in [1.82, 2.24) is 14.9 Å². The fourth-order valence-corrected chi connectivity index (χ4v) is 3.85. The predicted octanol–water partition coefficient (Wildman–Crippen LogP) is 3.82. The number of aryl methyl sites for hydroxylation is 1. The summed E-state index contributed by atoms with van der Waals surface area (Å²) < 4.78 is 1.16. The Labute approximate surface area is 143 Å². The Kier molecular flexibility index (Phi) is 4.83. The highest BCUT2D eigenvalue weighted by atomic mass is 32.1. The van der Waals surface area contributed by atoms with Gasteiger partial charge in [-0.1, -0.05) is 12.6 Å². The Morgan fingerprint density at radius 2 is 2.13 bits per heavy atom. The van der Waals surface area contributed by atoms with Crippen LogP contribution >= 0.6 is 22.7 Å². The largest absolute Gasteiger partial charge is 0.334 e. The number of nitrogens with zero attached hydrogens (tertiary/aromatic N) is 3. The Hall–Kier alpha value is -2.05. The van der Waals surface area contributed by atoms with Crippen LogP contribution in [0.15, 0.2) is 41.9 Å². The number of fused-ring (bicyclic) bond motifs is 1. The van der Waals surface area contributed by atoms with Gasteiger partial charge in [-0.15, -0.1) is 22.7 Å². The third-order valence-corrected chi connectivity index (χ3v) is 5.51. The van der Waals surface area contributed by atoms with E-state index in [4.69, 9.17) is 0 Å². The third kappa shape index (κ3) is 3.65. The number of rotatable bonds is 6. The fraction of sp³-hybridized carbons (Fsp3) is 0.235. The molecule has 0 unspecified atom stereocenters. The molecule has 23 heavy (non-hydrogen) atoms. The zero-order valence-electron chi connectivity index (χ0n) is 12.9.